The molecule has 0 saturated heterocycles. The van der Waals surface area contributed by atoms with Gasteiger partial charge < -0.3 is 8.85 Å². The van der Waals surface area contributed by atoms with Gasteiger partial charge in [0.05, 0.1) is 0 Å². The van der Waals surface area contributed by atoms with Crippen LogP contribution in [-0.2, 0) is 8.85 Å². The van der Waals surface area contributed by atoms with Crippen molar-refractivity contribution in [1.82, 2.24) is 0 Å². The Labute approximate surface area is 144 Å². The first-order chi connectivity index (χ1) is 11.3. The molecule has 4 bridgehead atoms. The maximum absolute atomic E-state index is 6.42. The summed E-state index contributed by atoms with van der Waals surface area (Å²) in [6.07, 6.45) is 13.0. The summed E-state index contributed by atoms with van der Waals surface area (Å²) < 4.78 is 12.8. The lowest BCUT2D eigenvalue weighted by atomic mass is 9.72. The Bertz CT molecular complexity index is 393. The van der Waals surface area contributed by atoms with Crippen LogP contribution in [0.4, 0.5) is 0 Å². The van der Waals surface area contributed by atoms with Crippen LogP contribution in [-0.4, -0.2) is 22.5 Å². The molecule has 4 aliphatic rings. The highest BCUT2D eigenvalue weighted by Crippen LogP contribution is 2.64. The largest absolute Gasteiger partial charge is 0.396 e. The van der Waals surface area contributed by atoms with E-state index in [-0.39, 0.29) is 0 Å². The van der Waals surface area contributed by atoms with E-state index in [4.69, 9.17) is 8.85 Å². The van der Waals surface area contributed by atoms with Crippen molar-refractivity contribution < 1.29 is 8.85 Å². The summed E-state index contributed by atoms with van der Waals surface area (Å²) in [6.45, 7) is 6.33. The molecule has 132 valence electrons. The van der Waals surface area contributed by atoms with Gasteiger partial charge in [0.2, 0.25) is 0 Å². The van der Waals surface area contributed by atoms with Crippen LogP contribution in [0.1, 0.15) is 71.6 Å². The normalized spacial score (nSPS) is 44.7. The van der Waals surface area contributed by atoms with Crippen LogP contribution in [0.3, 0.4) is 0 Å². The first-order valence-electron chi connectivity index (χ1n) is 10.5. The zero-order valence-corrected chi connectivity index (χ0v) is 16.4. The number of hydrogen-bond acceptors (Lipinski definition) is 2. The van der Waals surface area contributed by atoms with E-state index in [1.54, 1.807) is 12.8 Å². The van der Waals surface area contributed by atoms with Gasteiger partial charge in [-0.1, -0.05) is 26.7 Å². The van der Waals surface area contributed by atoms with Crippen LogP contribution in [0.25, 0.3) is 0 Å². The second-order valence-electron chi connectivity index (χ2n) is 8.94. The number of fused-ring (bicyclic) bond motifs is 4. The highest BCUT2D eigenvalue weighted by atomic mass is 28.3. The third-order valence-corrected chi connectivity index (χ3v) is 10.4. The van der Waals surface area contributed by atoms with Crippen LogP contribution in [0.2, 0.25) is 5.54 Å². The third kappa shape index (κ3) is 3.06. The van der Waals surface area contributed by atoms with Crippen LogP contribution in [0.15, 0.2) is 0 Å². The van der Waals surface area contributed by atoms with Crippen LogP contribution in [0, 0.1) is 35.5 Å². The van der Waals surface area contributed by atoms with E-state index in [0.717, 1.165) is 67.1 Å². The van der Waals surface area contributed by atoms with E-state index < -0.39 is 9.28 Å². The van der Waals surface area contributed by atoms with Gasteiger partial charge >= 0.3 is 9.28 Å². The average molecular weight is 337 g/mol. The molecule has 7 unspecified atom stereocenters. The Morgan fingerprint density at radius 2 is 1.48 bits per heavy atom. The molecular weight excluding hydrogens is 300 g/mol. The first kappa shape index (κ1) is 16.6. The topological polar surface area (TPSA) is 18.5 Å². The SMILES string of the molecule is CCCO[SiH](OCCC)C1C2CCC(C2)C1C1CC2CCC1C2. The second-order valence-corrected chi connectivity index (χ2v) is 11.1. The van der Waals surface area contributed by atoms with Crippen LogP contribution >= 0.6 is 0 Å². The average Bonchev–Trinajstić information content (AvgIpc) is 3.34. The lowest BCUT2D eigenvalue weighted by Crippen LogP contribution is -2.40. The Morgan fingerprint density at radius 3 is 2.09 bits per heavy atom. The van der Waals surface area contributed by atoms with E-state index in [1.165, 1.54) is 32.1 Å². The Hall–Kier alpha value is 0.137. The van der Waals surface area contributed by atoms with Gasteiger partial charge in [0.15, 0.2) is 0 Å². The van der Waals surface area contributed by atoms with E-state index in [2.05, 4.69) is 13.8 Å². The van der Waals surface area contributed by atoms with Gasteiger partial charge in [0.1, 0.15) is 0 Å². The van der Waals surface area contributed by atoms with Crippen molar-refractivity contribution in [2.45, 2.75) is 77.2 Å². The zero-order chi connectivity index (χ0) is 15.8. The predicted molar refractivity (Wildman–Crippen MR) is 96.6 cm³/mol. The van der Waals surface area contributed by atoms with E-state index in [9.17, 15) is 0 Å². The van der Waals surface area contributed by atoms with Crippen molar-refractivity contribution in [3.63, 3.8) is 0 Å². The molecule has 4 rings (SSSR count). The fourth-order valence-corrected chi connectivity index (χ4v) is 10.2. The minimum absolute atomic E-state index is 0.844. The summed E-state index contributed by atoms with van der Waals surface area (Å²) in [7, 11) is -1.50. The molecular formula is C20H36O2Si. The van der Waals surface area contributed by atoms with Gasteiger partial charge in [-0.25, -0.2) is 0 Å². The first-order valence-corrected chi connectivity index (χ1v) is 12.2. The lowest BCUT2D eigenvalue weighted by molar-refractivity contribution is 0.121. The quantitative estimate of drug-likeness (QED) is 0.586. The minimum atomic E-state index is -1.50. The van der Waals surface area contributed by atoms with Gasteiger partial charge in [0.25, 0.3) is 0 Å². The van der Waals surface area contributed by atoms with Crippen LogP contribution in [0.5, 0.6) is 0 Å². The predicted octanol–water partition coefficient (Wildman–Crippen LogP) is 4.91. The lowest BCUT2D eigenvalue weighted by Gasteiger charge is -2.41. The molecule has 0 N–H and O–H groups in total. The van der Waals surface area contributed by atoms with Crippen LogP contribution < -0.4 is 0 Å². The maximum Gasteiger partial charge on any atom is 0.325 e. The van der Waals surface area contributed by atoms with Gasteiger partial charge in [-0.3, -0.25) is 0 Å². The minimum Gasteiger partial charge on any atom is -0.396 e. The fourth-order valence-electron chi connectivity index (χ4n) is 6.92. The van der Waals surface area contributed by atoms with Gasteiger partial charge in [-0.15, -0.1) is 0 Å². The number of rotatable bonds is 8. The molecule has 0 amide bonds. The van der Waals surface area contributed by atoms with E-state index in [0.29, 0.717) is 0 Å². The Morgan fingerprint density at radius 1 is 0.783 bits per heavy atom. The molecule has 4 aliphatic carbocycles. The molecule has 23 heavy (non-hydrogen) atoms. The molecule has 0 heterocycles. The van der Waals surface area contributed by atoms with E-state index >= 15 is 0 Å². The number of hydrogen-bond donors (Lipinski definition) is 0. The molecule has 0 aliphatic heterocycles. The smallest absolute Gasteiger partial charge is 0.325 e. The summed E-state index contributed by atoms with van der Waals surface area (Å²) in [5.41, 5.74) is 0.844. The summed E-state index contributed by atoms with van der Waals surface area (Å²) in [6, 6.07) is 0. The van der Waals surface area contributed by atoms with Gasteiger partial charge in [-0.05, 0) is 80.5 Å². The third-order valence-electron chi connectivity index (χ3n) is 7.62. The summed E-state index contributed by atoms with van der Waals surface area (Å²) in [4.78, 5) is 0. The summed E-state index contributed by atoms with van der Waals surface area (Å²) >= 11 is 0. The summed E-state index contributed by atoms with van der Waals surface area (Å²) in [5, 5.41) is 0. The van der Waals surface area contributed by atoms with Crippen molar-refractivity contribution in [3.05, 3.63) is 0 Å². The highest BCUT2D eigenvalue weighted by molar-refractivity contribution is 6.46. The Balaban J connectivity index is 1.51. The summed E-state index contributed by atoms with van der Waals surface area (Å²) in [5.74, 6) is 6.15. The van der Waals surface area contributed by atoms with Gasteiger partial charge in [-0.2, -0.15) is 0 Å². The van der Waals surface area contributed by atoms with Crippen molar-refractivity contribution in [2.75, 3.05) is 13.2 Å². The molecule has 0 aromatic heterocycles. The fraction of sp³-hybridized carbons (Fsp3) is 1.00. The van der Waals surface area contributed by atoms with Crippen molar-refractivity contribution in [2.24, 2.45) is 35.5 Å². The molecule has 2 nitrogen and oxygen atoms in total. The van der Waals surface area contributed by atoms with Crippen molar-refractivity contribution >= 4 is 9.28 Å². The van der Waals surface area contributed by atoms with Crippen molar-refractivity contribution in [1.29, 1.82) is 0 Å². The Kier molecular flexibility index (Phi) is 5.17. The zero-order valence-electron chi connectivity index (χ0n) is 15.2. The van der Waals surface area contributed by atoms with E-state index in [1.807, 2.05) is 0 Å². The molecule has 0 radical (unpaired) electrons. The molecule has 3 heteroatoms. The molecule has 0 aromatic carbocycles. The van der Waals surface area contributed by atoms with Crippen molar-refractivity contribution in [3.8, 4) is 0 Å². The van der Waals surface area contributed by atoms with Gasteiger partial charge in [0, 0.05) is 18.8 Å². The molecule has 0 aromatic rings. The molecule has 7 atom stereocenters. The highest BCUT2D eigenvalue weighted by Gasteiger charge is 2.57. The monoisotopic (exact) mass is 336 g/mol. The maximum atomic E-state index is 6.42. The molecule has 0 spiro atoms. The molecule has 4 saturated carbocycles. The standard InChI is InChI=1S/C20H36O2Si/c1-3-9-21-23(22-10-4-2)20-17-8-7-16(13-17)19(20)18-12-14-5-6-15(18)11-14/h14-20,23H,3-13H2,1-2H3. The molecule has 4 fully saturated rings. The second kappa shape index (κ2) is 7.17.